The molecule has 0 aromatic heterocycles. The second-order valence-corrected chi connectivity index (χ2v) is 6.59. The molecule has 2 fully saturated rings. The molecule has 0 heterocycles. The molecule has 98 valence electrons. The van der Waals surface area contributed by atoms with Crippen molar-refractivity contribution >= 4 is 5.97 Å². The van der Waals surface area contributed by atoms with Crippen LogP contribution >= 0.6 is 0 Å². The van der Waals surface area contributed by atoms with Crippen molar-refractivity contribution in [2.75, 3.05) is 0 Å². The summed E-state index contributed by atoms with van der Waals surface area (Å²) in [5.74, 6) is -4.30. The van der Waals surface area contributed by atoms with Gasteiger partial charge in [0.15, 0.2) is 0 Å². The summed E-state index contributed by atoms with van der Waals surface area (Å²) < 4.78 is 31.0. The molecule has 0 amide bonds. The lowest BCUT2D eigenvalue weighted by atomic mass is 9.70. The summed E-state index contributed by atoms with van der Waals surface area (Å²) >= 11 is 0. The Morgan fingerprint density at radius 1 is 1.35 bits per heavy atom. The van der Waals surface area contributed by atoms with Gasteiger partial charge in [-0.25, -0.2) is 4.79 Å². The van der Waals surface area contributed by atoms with Crippen molar-refractivity contribution in [3.63, 3.8) is 0 Å². The Morgan fingerprint density at radius 3 is 2.35 bits per heavy atom. The normalized spacial score (nSPS) is 39.4. The summed E-state index contributed by atoms with van der Waals surface area (Å²) in [6, 6.07) is 0. The van der Waals surface area contributed by atoms with Gasteiger partial charge in [-0.3, -0.25) is 0 Å². The maximum Gasteiger partial charge on any atom is 0.376 e. The van der Waals surface area contributed by atoms with Crippen molar-refractivity contribution in [2.24, 2.45) is 16.7 Å². The lowest BCUT2D eigenvalue weighted by molar-refractivity contribution is -0.189. The number of carbonyl (C=O) groups excluding carboxylic acids is 1. The van der Waals surface area contributed by atoms with Crippen LogP contribution in [0.25, 0.3) is 0 Å². The number of halogens is 2. The fourth-order valence-electron chi connectivity index (χ4n) is 3.76. The largest absolute Gasteiger partial charge is 0.457 e. The first-order chi connectivity index (χ1) is 7.57. The van der Waals surface area contributed by atoms with Crippen LogP contribution in [-0.2, 0) is 9.53 Å². The smallest absolute Gasteiger partial charge is 0.376 e. The van der Waals surface area contributed by atoms with E-state index >= 15 is 0 Å². The molecule has 2 nitrogen and oxygen atoms in total. The first-order valence-corrected chi connectivity index (χ1v) is 6.16. The SMILES string of the molecule is CC(F)(F)C(=O)OC1C2(C)CCC(C2)C1(C)C. The van der Waals surface area contributed by atoms with Gasteiger partial charge in [0.1, 0.15) is 6.10 Å². The summed E-state index contributed by atoms with van der Waals surface area (Å²) in [6.07, 6.45) is 2.67. The minimum Gasteiger partial charge on any atom is -0.457 e. The Hall–Kier alpha value is -0.670. The third-order valence-electron chi connectivity index (χ3n) is 4.72. The van der Waals surface area contributed by atoms with Crippen molar-refractivity contribution in [1.29, 1.82) is 0 Å². The molecule has 0 N–H and O–H groups in total. The minimum atomic E-state index is -3.39. The molecule has 2 rings (SSSR count). The molecular weight excluding hydrogens is 226 g/mol. The average Bonchev–Trinajstić information content (AvgIpc) is 2.62. The monoisotopic (exact) mass is 246 g/mol. The fourth-order valence-corrected chi connectivity index (χ4v) is 3.76. The molecule has 4 heteroatoms. The molecule has 0 aliphatic heterocycles. The molecule has 0 aromatic rings. The molecule has 2 aliphatic rings. The van der Waals surface area contributed by atoms with Crippen molar-refractivity contribution in [3.05, 3.63) is 0 Å². The zero-order valence-electron chi connectivity index (χ0n) is 10.8. The molecular formula is C13H20F2O2. The third-order valence-corrected chi connectivity index (χ3v) is 4.72. The topological polar surface area (TPSA) is 26.3 Å². The van der Waals surface area contributed by atoms with E-state index in [0.717, 1.165) is 19.3 Å². The van der Waals surface area contributed by atoms with Crippen molar-refractivity contribution in [2.45, 2.75) is 59.0 Å². The molecule has 0 spiro atoms. The number of ether oxygens (including phenoxy) is 1. The second kappa shape index (κ2) is 3.42. The number of carbonyl (C=O) groups is 1. The molecule has 17 heavy (non-hydrogen) atoms. The van der Waals surface area contributed by atoms with Crippen LogP contribution in [0.5, 0.6) is 0 Å². The summed E-state index contributed by atoms with van der Waals surface area (Å²) in [4.78, 5) is 11.4. The van der Waals surface area contributed by atoms with Crippen LogP contribution in [0, 0.1) is 16.7 Å². The lowest BCUT2D eigenvalue weighted by Crippen LogP contribution is -2.46. The Kier molecular flexibility index (Phi) is 2.57. The highest BCUT2D eigenvalue weighted by molar-refractivity contribution is 5.77. The minimum absolute atomic E-state index is 0.116. The third kappa shape index (κ3) is 1.85. The fraction of sp³-hybridized carbons (Fsp3) is 0.923. The second-order valence-electron chi connectivity index (χ2n) is 6.59. The zero-order chi connectivity index (χ0) is 13.1. The van der Waals surface area contributed by atoms with Crippen LogP contribution in [0.15, 0.2) is 0 Å². The van der Waals surface area contributed by atoms with Crippen LogP contribution in [-0.4, -0.2) is 18.0 Å². The van der Waals surface area contributed by atoms with E-state index in [1.807, 2.05) is 20.8 Å². The highest BCUT2D eigenvalue weighted by Crippen LogP contribution is 2.63. The number of esters is 1. The maximum absolute atomic E-state index is 12.9. The molecule has 2 aliphatic carbocycles. The van der Waals surface area contributed by atoms with Crippen molar-refractivity contribution in [1.82, 2.24) is 0 Å². The molecule has 3 atom stereocenters. The number of hydrogen-bond donors (Lipinski definition) is 0. The van der Waals surface area contributed by atoms with E-state index in [1.165, 1.54) is 0 Å². The number of rotatable bonds is 2. The Labute approximate surface area is 101 Å². The zero-order valence-corrected chi connectivity index (χ0v) is 10.8. The molecule has 0 aromatic carbocycles. The van der Waals surface area contributed by atoms with Gasteiger partial charge in [0.05, 0.1) is 0 Å². The predicted octanol–water partition coefficient (Wildman–Crippen LogP) is 3.40. The predicted molar refractivity (Wildman–Crippen MR) is 59.7 cm³/mol. The number of hydrogen-bond acceptors (Lipinski definition) is 2. The van der Waals surface area contributed by atoms with Crippen LogP contribution in [0.2, 0.25) is 0 Å². The van der Waals surface area contributed by atoms with Gasteiger partial charge in [-0.1, -0.05) is 20.8 Å². The molecule has 2 bridgehead atoms. The molecule has 0 radical (unpaired) electrons. The van der Waals surface area contributed by atoms with Crippen LogP contribution in [0.4, 0.5) is 8.78 Å². The van der Waals surface area contributed by atoms with Gasteiger partial charge in [-0.15, -0.1) is 0 Å². The van der Waals surface area contributed by atoms with Crippen LogP contribution in [0.3, 0.4) is 0 Å². The lowest BCUT2D eigenvalue weighted by Gasteiger charge is -2.42. The Bertz CT molecular complexity index is 341. The van der Waals surface area contributed by atoms with Gasteiger partial charge in [-0.05, 0) is 25.2 Å². The van der Waals surface area contributed by atoms with Crippen molar-refractivity contribution in [3.8, 4) is 0 Å². The highest BCUT2D eigenvalue weighted by Gasteiger charge is 2.62. The first kappa shape index (κ1) is 12.8. The van der Waals surface area contributed by atoms with Gasteiger partial charge in [0.2, 0.25) is 0 Å². The van der Waals surface area contributed by atoms with Crippen LogP contribution in [0.1, 0.15) is 47.0 Å². The average molecular weight is 246 g/mol. The molecule has 3 unspecified atom stereocenters. The maximum atomic E-state index is 12.9. The van der Waals surface area contributed by atoms with Crippen LogP contribution < -0.4 is 0 Å². The summed E-state index contributed by atoms with van der Waals surface area (Å²) in [7, 11) is 0. The van der Waals surface area contributed by atoms with E-state index < -0.39 is 11.9 Å². The standard InChI is InChI=1S/C13H20F2O2/c1-11(2)8-5-6-12(3,7-8)9(11)17-10(16)13(4,14)15/h8-9H,5-7H2,1-4H3. The van der Waals surface area contributed by atoms with Gasteiger partial charge in [0.25, 0.3) is 0 Å². The number of alkyl halides is 2. The highest BCUT2D eigenvalue weighted by atomic mass is 19.3. The van der Waals surface area contributed by atoms with Crippen molar-refractivity contribution < 1.29 is 18.3 Å². The first-order valence-electron chi connectivity index (χ1n) is 6.16. The summed E-state index contributed by atoms with van der Waals surface area (Å²) in [6.45, 7) is 6.69. The molecule has 2 saturated carbocycles. The van der Waals surface area contributed by atoms with Gasteiger partial charge < -0.3 is 4.74 Å². The number of fused-ring (bicyclic) bond motifs is 2. The summed E-state index contributed by atoms with van der Waals surface area (Å²) in [5.41, 5.74) is -0.303. The van der Waals surface area contributed by atoms with E-state index in [9.17, 15) is 13.6 Å². The van der Waals surface area contributed by atoms with E-state index in [2.05, 4.69) is 0 Å². The Balaban J connectivity index is 2.19. The summed E-state index contributed by atoms with van der Waals surface area (Å²) in [5, 5.41) is 0. The molecule has 0 saturated heterocycles. The Morgan fingerprint density at radius 2 is 1.94 bits per heavy atom. The quantitative estimate of drug-likeness (QED) is 0.698. The van der Waals surface area contributed by atoms with Gasteiger partial charge in [-0.2, -0.15) is 8.78 Å². The van der Waals surface area contributed by atoms with E-state index in [1.54, 1.807) is 0 Å². The van der Waals surface area contributed by atoms with E-state index in [-0.39, 0.29) is 16.9 Å². The van der Waals surface area contributed by atoms with Gasteiger partial charge in [0, 0.05) is 17.8 Å². The van der Waals surface area contributed by atoms with Gasteiger partial charge >= 0.3 is 11.9 Å². The van der Waals surface area contributed by atoms with E-state index in [0.29, 0.717) is 12.8 Å². The van der Waals surface area contributed by atoms with E-state index in [4.69, 9.17) is 4.74 Å².